The topological polar surface area (TPSA) is 55.2 Å². The van der Waals surface area contributed by atoms with E-state index in [1.54, 1.807) is 18.4 Å². The average molecular weight is 384 g/mol. The lowest BCUT2D eigenvalue weighted by atomic mass is 9.91. The van der Waals surface area contributed by atoms with Crippen LogP contribution in [-0.2, 0) is 9.47 Å². The van der Waals surface area contributed by atoms with E-state index in [1.165, 1.54) is 5.56 Å². The van der Waals surface area contributed by atoms with Crippen LogP contribution in [0.2, 0.25) is 0 Å². The van der Waals surface area contributed by atoms with E-state index in [9.17, 15) is 4.79 Å². The zero-order valence-electron chi connectivity index (χ0n) is 16.4. The van der Waals surface area contributed by atoms with Gasteiger partial charge in [0.1, 0.15) is 0 Å². The molecule has 0 amide bonds. The second-order valence-corrected chi connectivity index (χ2v) is 7.44. The number of furan rings is 1. The lowest BCUT2D eigenvalue weighted by Gasteiger charge is -2.44. The molecule has 0 saturated carbocycles. The predicted octanol–water partition coefficient (Wildman–Crippen LogP) is 2.55. The molecule has 2 aliphatic rings. The van der Waals surface area contributed by atoms with Gasteiger partial charge in [0, 0.05) is 26.2 Å². The van der Waals surface area contributed by atoms with Crippen LogP contribution < -0.4 is 0 Å². The maximum absolute atomic E-state index is 13.6. The highest BCUT2D eigenvalue weighted by molar-refractivity contribution is 5.98. The molecule has 1 aromatic heterocycles. The number of morpholine rings is 2. The van der Waals surface area contributed by atoms with E-state index in [0.717, 1.165) is 31.7 Å². The molecule has 150 valence electrons. The molecule has 6 heteroatoms. The van der Waals surface area contributed by atoms with Crippen LogP contribution in [0, 0.1) is 6.92 Å². The molecule has 2 saturated heterocycles. The molecular formula is C22H28N2O4. The smallest absolute Gasteiger partial charge is 0.216 e. The van der Waals surface area contributed by atoms with Crippen LogP contribution in [-0.4, -0.2) is 74.2 Å². The fraction of sp³-hybridized carbons (Fsp3) is 0.500. The third-order valence-electron chi connectivity index (χ3n) is 5.63. The van der Waals surface area contributed by atoms with Crippen molar-refractivity contribution in [1.29, 1.82) is 0 Å². The summed E-state index contributed by atoms with van der Waals surface area (Å²) in [6.45, 7) is 7.85. The minimum absolute atomic E-state index is 0.0315. The number of ether oxygens (including phenoxy) is 2. The summed E-state index contributed by atoms with van der Waals surface area (Å²) in [5, 5.41) is 0. The summed E-state index contributed by atoms with van der Waals surface area (Å²) in [6, 6.07) is 11.7. The maximum atomic E-state index is 13.6. The Balaban J connectivity index is 1.74. The lowest BCUT2D eigenvalue weighted by Crippen LogP contribution is -2.55. The normalized spacial score (nSPS) is 21.3. The van der Waals surface area contributed by atoms with Crippen LogP contribution >= 0.6 is 0 Å². The molecule has 1 aromatic carbocycles. The molecule has 2 aliphatic heterocycles. The molecule has 0 aliphatic carbocycles. The van der Waals surface area contributed by atoms with E-state index < -0.39 is 0 Å². The molecule has 0 N–H and O–H groups in total. The third kappa shape index (κ3) is 4.20. The highest BCUT2D eigenvalue weighted by atomic mass is 16.5. The summed E-state index contributed by atoms with van der Waals surface area (Å²) in [6.07, 6.45) is 1.57. The Labute approximate surface area is 166 Å². The zero-order valence-corrected chi connectivity index (χ0v) is 16.4. The van der Waals surface area contributed by atoms with Crippen LogP contribution in [0.3, 0.4) is 0 Å². The molecular weight excluding hydrogens is 356 g/mol. The number of hydrogen-bond donors (Lipinski definition) is 0. The summed E-state index contributed by atoms with van der Waals surface area (Å²) in [7, 11) is 0. The fourth-order valence-corrected chi connectivity index (χ4v) is 4.14. The van der Waals surface area contributed by atoms with Crippen LogP contribution in [0.5, 0.6) is 0 Å². The largest absolute Gasteiger partial charge is 0.461 e. The van der Waals surface area contributed by atoms with Gasteiger partial charge in [0.2, 0.25) is 5.78 Å². The first-order chi connectivity index (χ1) is 13.7. The van der Waals surface area contributed by atoms with Gasteiger partial charge in [-0.05, 0) is 24.6 Å². The van der Waals surface area contributed by atoms with Crippen molar-refractivity contribution in [3.8, 4) is 0 Å². The summed E-state index contributed by atoms with van der Waals surface area (Å²) < 4.78 is 16.6. The first kappa shape index (κ1) is 19.3. The van der Waals surface area contributed by atoms with Gasteiger partial charge in [-0.15, -0.1) is 0 Å². The lowest BCUT2D eigenvalue weighted by molar-refractivity contribution is -0.0307. The summed E-state index contributed by atoms with van der Waals surface area (Å²) in [5.74, 6) is 0.450. The number of carbonyl (C=O) groups is 1. The molecule has 2 atom stereocenters. The van der Waals surface area contributed by atoms with E-state index in [0.29, 0.717) is 32.2 Å². The van der Waals surface area contributed by atoms with Crippen molar-refractivity contribution in [2.75, 3.05) is 52.6 Å². The Morgan fingerprint density at radius 3 is 2.07 bits per heavy atom. The number of Topliss-reactive ketones (excluding diaryl/α,β-unsaturated/α-hetero) is 1. The molecule has 2 aromatic rings. The van der Waals surface area contributed by atoms with Gasteiger partial charge in [0.25, 0.3) is 0 Å². The van der Waals surface area contributed by atoms with E-state index in [4.69, 9.17) is 13.9 Å². The molecule has 0 unspecified atom stereocenters. The predicted molar refractivity (Wildman–Crippen MR) is 106 cm³/mol. The van der Waals surface area contributed by atoms with Crippen molar-refractivity contribution >= 4 is 5.78 Å². The maximum Gasteiger partial charge on any atom is 0.216 e. The quantitative estimate of drug-likeness (QED) is 0.714. The van der Waals surface area contributed by atoms with Gasteiger partial charge in [0.05, 0.1) is 44.8 Å². The second-order valence-electron chi connectivity index (χ2n) is 7.44. The van der Waals surface area contributed by atoms with Gasteiger partial charge >= 0.3 is 0 Å². The van der Waals surface area contributed by atoms with Crippen molar-refractivity contribution < 1.29 is 18.7 Å². The standard InChI is InChI=1S/C22H28N2O4/c1-17-4-6-18(7-5-17)20(23-8-13-26-14-9-23)21(24-10-15-27-16-11-24)22(25)19-3-2-12-28-19/h2-7,12,20-21H,8-11,13-16H2,1H3/t20-,21-/m1/s1. The molecule has 6 nitrogen and oxygen atoms in total. The Morgan fingerprint density at radius 2 is 1.50 bits per heavy atom. The summed E-state index contributed by atoms with van der Waals surface area (Å²) >= 11 is 0. The monoisotopic (exact) mass is 384 g/mol. The van der Waals surface area contributed by atoms with Crippen LogP contribution in [0.4, 0.5) is 0 Å². The molecule has 0 radical (unpaired) electrons. The van der Waals surface area contributed by atoms with Gasteiger partial charge in [-0.3, -0.25) is 14.6 Å². The molecule has 2 fully saturated rings. The third-order valence-corrected chi connectivity index (χ3v) is 5.63. The van der Waals surface area contributed by atoms with Crippen LogP contribution in [0.25, 0.3) is 0 Å². The van der Waals surface area contributed by atoms with Crippen molar-refractivity contribution in [3.05, 3.63) is 59.5 Å². The minimum atomic E-state index is -0.323. The fourth-order valence-electron chi connectivity index (χ4n) is 4.14. The van der Waals surface area contributed by atoms with Gasteiger partial charge in [-0.1, -0.05) is 29.8 Å². The van der Waals surface area contributed by atoms with Crippen LogP contribution in [0.15, 0.2) is 47.1 Å². The number of hydrogen-bond acceptors (Lipinski definition) is 6. The SMILES string of the molecule is Cc1ccc([C@H]([C@H](C(=O)c2ccco2)N2CCOCC2)N2CCOCC2)cc1. The number of benzene rings is 1. The van der Waals surface area contributed by atoms with Gasteiger partial charge < -0.3 is 13.9 Å². The van der Waals surface area contributed by atoms with Crippen molar-refractivity contribution in [3.63, 3.8) is 0 Å². The Kier molecular flexibility index (Phi) is 6.22. The Hall–Kier alpha value is -1.99. The molecule has 0 spiro atoms. The number of rotatable bonds is 6. The summed E-state index contributed by atoms with van der Waals surface area (Å²) in [5.41, 5.74) is 2.37. The highest BCUT2D eigenvalue weighted by Gasteiger charge is 2.40. The molecule has 3 heterocycles. The number of ketones is 1. The number of carbonyl (C=O) groups excluding carboxylic acids is 1. The van der Waals surface area contributed by atoms with Gasteiger partial charge in [0.15, 0.2) is 5.76 Å². The number of aryl methyl sites for hydroxylation is 1. The first-order valence-corrected chi connectivity index (χ1v) is 10.0. The van der Waals surface area contributed by atoms with Crippen molar-refractivity contribution in [2.24, 2.45) is 0 Å². The first-order valence-electron chi connectivity index (χ1n) is 10.0. The minimum Gasteiger partial charge on any atom is -0.461 e. The number of nitrogens with zero attached hydrogens (tertiary/aromatic N) is 2. The molecule has 4 rings (SSSR count). The van der Waals surface area contributed by atoms with E-state index in [2.05, 4.69) is 41.0 Å². The zero-order chi connectivity index (χ0) is 19.3. The van der Waals surface area contributed by atoms with Crippen molar-refractivity contribution in [1.82, 2.24) is 9.80 Å². The summed E-state index contributed by atoms with van der Waals surface area (Å²) in [4.78, 5) is 18.2. The molecule has 28 heavy (non-hydrogen) atoms. The average Bonchev–Trinajstić information content (AvgIpc) is 3.29. The second kappa shape index (κ2) is 9.01. The Bertz CT molecular complexity index is 747. The van der Waals surface area contributed by atoms with E-state index in [1.807, 2.05) is 0 Å². The van der Waals surface area contributed by atoms with Crippen LogP contribution in [0.1, 0.15) is 27.7 Å². The van der Waals surface area contributed by atoms with E-state index in [-0.39, 0.29) is 17.9 Å². The highest BCUT2D eigenvalue weighted by Crippen LogP contribution is 2.32. The van der Waals surface area contributed by atoms with Crippen molar-refractivity contribution in [2.45, 2.75) is 19.0 Å². The van der Waals surface area contributed by atoms with E-state index >= 15 is 0 Å². The Morgan fingerprint density at radius 1 is 0.893 bits per heavy atom. The van der Waals surface area contributed by atoms with Gasteiger partial charge in [-0.25, -0.2) is 0 Å². The van der Waals surface area contributed by atoms with Gasteiger partial charge in [-0.2, -0.15) is 0 Å². The molecule has 0 bridgehead atoms.